The van der Waals surface area contributed by atoms with Crippen molar-refractivity contribution in [2.75, 3.05) is 6.61 Å². The fourth-order valence-corrected chi connectivity index (χ4v) is 3.27. The van der Waals surface area contributed by atoms with Crippen LogP contribution in [0.3, 0.4) is 0 Å². The first-order valence-electron chi connectivity index (χ1n) is 7.80. The minimum atomic E-state index is -1.01. The molecule has 0 aliphatic heterocycles. The third-order valence-corrected chi connectivity index (χ3v) is 4.71. The number of aromatic nitrogens is 1. The lowest BCUT2D eigenvalue weighted by molar-refractivity contribution is -0.139. The summed E-state index contributed by atoms with van der Waals surface area (Å²) in [6.07, 6.45) is 0. The van der Waals surface area contributed by atoms with Crippen LogP contribution in [0, 0.1) is 6.92 Å². The Morgan fingerprint density at radius 3 is 2.77 bits per heavy atom. The molecule has 3 aromatic rings. The molecule has 0 aliphatic carbocycles. The van der Waals surface area contributed by atoms with Gasteiger partial charge in [0, 0.05) is 16.0 Å². The van der Waals surface area contributed by atoms with Gasteiger partial charge < -0.3 is 14.6 Å². The first-order chi connectivity index (χ1) is 12.5. The zero-order valence-electron chi connectivity index (χ0n) is 13.9. The standard InChI is InChI=1S/C19H16ClNO4S/c1-12-8-13(6-7-17(12)25-10-19(22)23)24-9-18-21-16(11-26-18)14-4-2-3-5-15(14)20/h2-8,11H,9-10H2,1H3,(H,22,23). The molecule has 0 radical (unpaired) electrons. The van der Waals surface area contributed by atoms with Crippen LogP contribution in [0.25, 0.3) is 11.3 Å². The fourth-order valence-electron chi connectivity index (χ4n) is 2.33. The Balaban J connectivity index is 1.64. The van der Waals surface area contributed by atoms with E-state index in [-0.39, 0.29) is 6.61 Å². The van der Waals surface area contributed by atoms with E-state index in [1.54, 1.807) is 18.2 Å². The molecule has 0 fully saturated rings. The maximum absolute atomic E-state index is 10.6. The molecule has 0 saturated carbocycles. The topological polar surface area (TPSA) is 68.7 Å². The van der Waals surface area contributed by atoms with Crippen molar-refractivity contribution < 1.29 is 19.4 Å². The maximum atomic E-state index is 10.6. The van der Waals surface area contributed by atoms with E-state index in [1.807, 2.05) is 36.6 Å². The van der Waals surface area contributed by atoms with E-state index >= 15 is 0 Å². The molecule has 1 N–H and O–H groups in total. The molecular weight excluding hydrogens is 374 g/mol. The van der Waals surface area contributed by atoms with E-state index in [0.29, 0.717) is 23.1 Å². The molecule has 134 valence electrons. The van der Waals surface area contributed by atoms with E-state index < -0.39 is 5.97 Å². The summed E-state index contributed by atoms with van der Waals surface area (Å²) >= 11 is 7.71. The van der Waals surface area contributed by atoms with E-state index in [9.17, 15) is 4.79 Å². The summed E-state index contributed by atoms with van der Waals surface area (Å²) in [5.41, 5.74) is 2.53. The van der Waals surface area contributed by atoms with Crippen LogP contribution >= 0.6 is 22.9 Å². The number of aliphatic carboxylic acids is 1. The summed E-state index contributed by atoms with van der Waals surface area (Å²) in [4.78, 5) is 15.1. The van der Waals surface area contributed by atoms with Crippen molar-refractivity contribution in [3.05, 3.63) is 63.4 Å². The molecule has 1 heterocycles. The average molecular weight is 390 g/mol. The number of aryl methyl sites for hydroxylation is 1. The van der Waals surface area contributed by atoms with Crippen LogP contribution in [0.1, 0.15) is 10.6 Å². The number of carbonyl (C=O) groups is 1. The van der Waals surface area contributed by atoms with Gasteiger partial charge in [-0.25, -0.2) is 9.78 Å². The summed E-state index contributed by atoms with van der Waals surface area (Å²) in [6.45, 7) is 1.80. The second-order valence-electron chi connectivity index (χ2n) is 5.50. The van der Waals surface area contributed by atoms with Crippen LogP contribution < -0.4 is 9.47 Å². The summed E-state index contributed by atoms with van der Waals surface area (Å²) in [6, 6.07) is 12.8. The number of rotatable bonds is 7. The lowest BCUT2D eigenvalue weighted by Crippen LogP contribution is -2.10. The second kappa shape index (κ2) is 8.21. The molecule has 7 heteroatoms. The van der Waals surface area contributed by atoms with Crippen LogP contribution in [0.5, 0.6) is 11.5 Å². The molecule has 0 saturated heterocycles. The van der Waals surface area contributed by atoms with Gasteiger partial charge in [-0.15, -0.1) is 11.3 Å². The Labute approximate surface area is 159 Å². The lowest BCUT2D eigenvalue weighted by atomic mass is 10.2. The maximum Gasteiger partial charge on any atom is 0.341 e. The summed E-state index contributed by atoms with van der Waals surface area (Å²) in [7, 11) is 0. The van der Waals surface area contributed by atoms with Crippen LogP contribution in [0.15, 0.2) is 47.8 Å². The molecule has 0 bridgehead atoms. The summed E-state index contributed by atoms with van der Waals surface area (Å²) in [5, 5.41) is 12.1. The molecule has 3 rings (SSSR count). The van der Waals surface area contributed by atoms with Crippen molar-refractivity contribution in [2.45, 2.75) is 13.5 Å². The number of hydrogen-bond donors (Lipinski definition) is 1. The fraction of sp³-hybridized carbons (Fsp3) is 0.158. The van der Waals surface area contributed by atoms with E-state index in [1.165, 1.54) is 11.3 Å². The van der Waals surface area contributed by atoms with Gasteiger partial charge in [0.05, 0.1) is 5.69 Å². The largest absolute Gasteiger partial charge is 0.486 e. The van der Waals surface area contributed by atoms with Crippen molar-refractivity contribution in [1.82, 2.24) is 4.98 Å². The van der Waals surface area contributed by atoms with Gasteiger partial charge in [0.1, 0.15) is 23.1 Å². The van der Waals surface area contributed by atoms with Crippen molar-refractivity contribution in [2.24, 2.45) is 0 Å². The van der Waals surface area contributed by atoms with Crippen molar-refractivity contribution in [3.63, 3.8) is 0 Å². The summed E-state index contributed by atoms with van der Waals surface area (Å²) < 4.78 is 11.0. The number of thiazole rings is 1. The van der Waals surface area contributed by atoms with Gasteiger partial charge >= 0.3 is 5.97 Å². The van der Waals surface area contributed by atoms with Gasteiger partial charge in [-0.05, 0) is 36.8 Å². The average Bonchev–Trinajstić information content (AvgIpc) is 3.08. The predicted molar refractivity (Wildman–Crippen MR) is 101 cm³/mol. The first kappa shape index (κ1) is 18.2. The lowest BCUT2D eigenvalue weighted by Gasteiger charge is -2.09. The van der Waals surface area contributed by atoms with E-state index in [0.717, 1.165) is 21.8 Å². The van der Waals surface area contributed by atoms with Gasteiger partial charge in [-0.2, -0.15) is 0 Å². The molecule has 26 heavy (non-hydrogen) atoms. The molecule has 0 spiro atoms. The highest BCUT2D eigenvalue weighted by atomic mass is 35.5. The molecule has 5 nitrogen and oxygen atoms in total. The summed E-state index contributed by atoms with van der Waals surface area (Å²) in [5.74, 6) is 0.178. The molecule has 0 atom stereocenters. The minimum absolute atomic E-state index is 0.337. The highest BCUT2D eigenvalue weighted by molar-refractivity contribution is 7.09. The molecule has 2 aromatic carbocycles. The Hall–Kier alpha value is -2.57. The van der Waals surface area contributed by atoms with Crippen LogP contribution in [-0.2, 0) is 11.4 Å². The Morgan fingerprint density at radius 1 is 1.23 bits per heavy atom. The number of halogens is 1. The van der Waals surface area contributed by atoms with Gasteiger partial charge in [-0.1, -0.05) is 29.8 Å². The number of carboxylic acids is 1. The van der Waals surface area contributed by atoms with Crippen LogP contribution in [0.2, 0.25) is 5.02 Å². The quantitative estimate of drug-likeness (QED) is 0.627. The van der Waals surface area contributed by atoms with Crippen molar-refractivity contribution in [3.8, 4) is 22.8 Å². The van der Waals surface area contributed by atoms with Crippen molar-refractivity contribution in [1.29, 1.82) is 0 Å². The number of hydrogen-bond acceptors (Lipinski definition) is 5. The van der Waals surface area contributed by atoms with Gasteiger partial charge in [-0.3, -0.25) is 0 Å². The van der Waals surface area contributed by atoms with Gasteiger partial charge in [0.2, 0.25) is 0 Å². The van der Waals surface area contributed by atoms with E-state index in [2.05, 4.69) is 4.98 Å². The number of carboxylic acid groups (broad SMARTS) is 1. The SMILES string of the molecule is Cc1cc(OCc2nc(-c3ccccc3Cl)cs2)ccc1OCC(=O)O. The molecule has 0 amide bonds. The third-order valence-electron chi connectivity index (χ3n) is 3.56. The van der Waals surface area contributed by atoms with E-state index in [4.69, 9.17) is 26.2 Å². The zero-order chi connectivity index (χ0) is 18.5. The smallest absolute Gasteiger partial charge is 0.341 e. The number of ether oxygens (including phenoxy) is 2. The monoisotopic (exact) mass is 389 g/mol. The predicted octanol–water partition coefficient (Wildman–Crippen LogP) is 4.81. The Morgan fingerprint density at radius 2 is 2.04 bits per heavy atom. The van der Waals surface area contributed by atoms with Gasteiger partial charge in [0.15, 0.2) is 6.61 Å². The molecule has 1 aromatic heterocycles. The molecular formula is C19H16ClNO4S. The Bertz CT molecular complexity index is 925. The van der Waals surface area contributed by atoms with Gasteiger partial charge in [0.25, 0.3) is 0 Å². The molecule has 0 unspecified atom stereocenters. The minimum Gasteiger partial charge on any atom is -0.486 e. The molecule has 0 aliphatic rings. The highest BCUT2D eigenvalue weighted by Crippen LogP contribution is 2.29. The third kappa shape index (κ3) is 4.53. The Kier molecular flexibility index (Phi) is 5.75. The van der Waals surface area contributed by atoms with Crippen LogP contribution in [-0.4, -0.2) is 22.7 Å². The number of benzene rings is 2. The first-order valence-corrected chi connectivity index (χ1v) is 9.06. The normalized spacial score (nSPS) is 10.5. The highest BCUT2D eigenvalue weighted by Gasteiger charge is 2.09. The van der Waals surface area contributed by atoms with Crippen molar-refractivity contribution >= 4 is 28.9 Å². The number of nitrogens with zero attached hydrogens (tertiary/aromatic N) is 1. The van der Waals surface area contributed by atoms with Crippen LogP contribution in [0.4, 0.5) is 0 Å². The second-order valence-corrected chi connectivity index (χ2v) is 6.85. The zero-order valence-corrected chi connectivity index (χ0v) is 15.5.